The smallest absolute Gasteiger partial charge is 0.258 e. The van der Waals surface area contributed by atoms with Crippen LogP contribution in [0.5, 0.6) is 17.2 Å². The number of benzene rings is 2. The quantitative estimate of drug-likeness (QED) is 0.549. The van der Waals surface area contributed by atoms with Crippen molar-refractivity contribution < 1.29 is 28.6 Å². The second kappa shape index (κ2) is 15.3. The Morgan fingerprint density at radius 2 is 1.73 bits per heavy atom. The molecule has 2 heterocycles. The predicted octanol–water partition coefficient (Wildman–Crippen LogP) is 3.49. The van der Waals surface area contributed by atoms with E-state index in [1.807, 2.05) is 6.07 Å². The van der Waals surface area contributed by atoms with Crippen molar-refractivity contribution in [2.45, 2.75) is 77.5 Å². The summed E-state index contributed by atoms with van der Waals surface area (Å²) >= 11 is 0. The number of fused-ring (bicyclic) bond motifs is 3. The largest absolute Gasteiger partial charge is 0.493 e. The highest BCUT2D eigenvalue weighted by Gasteiger charge is 2.30. The van der Waals surface area contributed by atoms with E-state index in [2.05, 4.69) is 47.6 Å². The zero-order chi connectivity index (χ0) is 31.7. The average Bonchev–Trinajstić information content (AvgIpc) is 3.31. The number of rotatable bonds is 3. The molecule has 0 spiro atoms. The summed E-state index contributed by atoms with van der Waals surface area (Å²) in [6, 6.07) is 11.2. The molecule has 0 saturated heterocycles. The number of hydrogen-bond donors (Lipinski definition) is 2. The summed E-state index contributed by atoms with van der Waals surface area (Å²) in [7, 11) is 3.30. The van der Waals surface area contributed by atoms with E-state index in [0.29, 0.717) is 37.4 Å². The van der Waals surface area contributed by atoms with Gasteiger partial charge in [-0.1, -0.05) is 18.2 Å². The van der Waals surface area contributed by atoms with E-state index in [4.69, 9.17) is 14.2 Å². The van der Waals surface area contributed by atoms with Crippen LogP contribution in [0.4, 0.5) is 0 Å². The normalized spacial score (nSPS) is 21.1. The van der Waals surface area contributed by atoms with E-state index >= 15 is 0 Å². The Bertz CT molecular complexity index is 1310. The van der Waals surface area contributed by atoms with E-state index in [1.165, 1.54) is 18.2 Å². The molecule has 240 valence electrons. The van der Waals surface area contributed by atoms with Gasteiger partial charge >= 0.3 is 0 Å². The third-order valence-electron chi connectivity index (χ3n) is 8.08. The third-order valence-corrected chi connectivity index (χ3v) is 8.08. The number of likely N-dealkylation sites (N-methyl/N-ethyl adjacent to an activating group) is 1. The van der Waals surface area contributed by atoms with Crippen molar-refractivity contribution in [1.29, 1.82) is 0 Å². The Labute approximate surface area is 261 Å². The first kappa shape index (κ1) is 33.1. The summed E-state index contributed by atoms with van der Waals surface area (Å²) in [6.07, 6.45) is 4.36. The minimum absolute atomic E-state index is 0.000662. The first-order chi connectivity index (χ1) is 21.0. The van der Waals surface area contributed by atoms with E-state index in [0.717, 1.165) is 56.6 Å². The van der Waals surface area contributed by atoms with Gasteiger partial charge in [-0.15, -0.1) is 0 Å². The number of nitrogens with one attached hydrogen (secondary N) is 2. The molecule has 1 atom stereocenters. The van der Waals surface area contributed by atoms with Gasteiger partial charge in [0.25, 0.3) is 5.91 Å². The first-order valence-corrected chi connectivity index (χ1v) is 15.7. The van der Waals surface area contributed by atoms with Gasteiger partial charge in [-0.05, 0) is 87.9 Å². The molecule has 4 rings (SSSR count). The van der Waals surface area contributed by atoms with Crippen molar-refractivity contribution in [2.24, 2.45) is 0 Å². The molecule has 44 heavy (non-hydrogen) atoms. The van der Waals surface area contributed by atoms with Gasteiger partial charge in [-0.25, -0.2) is 0 Å². The number of ether oxygens (including phenoxy) is 3. The molecule has 0 unspecified atom stereocenters. The highest BCUT2D eigenvalue weighted by molar-refractivity contribution is 5.87. The van der Waals surface area contributed by atoms with Gasteiger partial charge < -0.3 is 29.7 Å². The molecule has 2 aliphatic heterocycles. The van der Waals surface area contributed by atoms with Crippen LogP contribution in [-0.2, 0) is 33.8 Å². The number of hydrogen-bond acceptors (Lipinski definition) is 7. The lowest BCUT2D eigenvalue weighted by atomic mass is 10.00. The summed E-state index contributed by atoms with van der Waals surface area (Å²) < 4.78 is 17.2. The lowest BCUT2D eigenvalue weighted by Gasteiger charge is -2.25. The number of nitrogens with zero attached hydrogens (tertiary/aromatic N) is 2. The van der Waals surface area contributed by atoms with Gasteiger partial charge in [0.1, 0.15) is 17.4 Å². The second-order valence-electron chi connectivity index (χ2n) is 12.5. The standard InChI is InChI=1S/C34H48N4O6/c1-24-33(41)37(4)16-6-7-17-38(22-26-10-12-28-27(19-26)21-34(2,3)44-28)18-8-15-35-31(39)14-11-25-9-13-29(42-5)30(20-25)43-23-32(40)36-24/h9-10,12-13,19-20,24H,6-8,11,14-18,21-23H2,1-5H3,(H,35,39)(H,36,40)/t24-/m0/s1. The number of amides is 3. The fourth-order valence-corrected chi connectivity index (χ4v) is 5.77. The molecule has 10 nitrogen and oxygen atoms in total. The Balaban J connectivity index is 1.42. The zero-order valence-electron chi connectivity index (χ0n) is 26.9. The van der Waals surface area contributed by atoms with Gasteiger partial charge in [0.05, 0.1) is 7.11 Å². The molecular formula is C34H48N4O6. The number of aryl methyl sites for hydroxylation is 1. The van der Waals surface area contributed by atoms with Crippen LogP contribution in [0.2, 0.25) is 0 Å². The lowest BCUT2D eigenvalue weighted by Crippen LogP contribution is -2.47. The second-order valence-corrected chi connectivity index (χ2v) is 12.5. The molecule has 0 radical (unpaired) electrons. The van der Waals surface area contributed by atoms with Crippen LogP contribution in [0.25, 0.3) is 0 Å². The molecule has 2 aromatic rings. The fraction of sp³-hybridized carbons (Fsp3) is 0.559. The van der Waals surface area contributed by atoms with Crippen LogP contribution >= 0.6 is 0 Å². The SMILES string of the molecule is COc1ccc2cc1OCC(=O)N[C@@H](C)C(=O)N(C)CCCCN(Cc1ccc3c(c1)CC(C)(C)O3)CCCNC(=O)CC2. The molecular weight excluding hydrogens is 560 g/mol. The Kier molecular flexibility index (Phi) is 11.5. The van der Waals surface area contributed by atoms with Crippen molar-refractivity contribution in [1.82, 2.24) is 20.4 Å². The maximum atomic E-state index is 12.9. The Morgan fingerprint density at radius 1 is 0.955 bits per heavy atom. The van der Waals surface area contributed by atoms with Crippen LogP contribution < -0.4 is 24.8 Å². The van der Waals surface area contributed by atoms with Gasteiger partial charge in [0.2, 0.25) is 11.8 Å². The number of methoxy groups -OCH3 is 1. The zero-order valence-corrected chi connectivity index (χ0v) is 26.9. The van der Waals surface area contributed by atoms with Gasteiger partial charge in [0, 0.05) is 46.1 Å². The number of carbonyl (C=O) groups excluding carboxylic acids is 3. The van der Waals surface area contributed by atoms with Gasteiger partial charge in [-0.3, -0.25) is 19.3 Å². The molecule has 2 aromatic carbocycles. The molecule has 2 N–H and O–H groups in total. The fourth-order valence-electron chi connectivity index (χ4n) is 5.77. The molecule has 0 aliphatic carbocycles. The molecule has 10 heteroatoms. The summed E-state index contributed by atoms with van der Waals surface area (Å²) in [5, 5.41) is 5.80. The Hall–Kier alpha value is -3.79. The van der Waals surface area contributed by atoms with Crippen LogP contribution in [0, 0.1) is 0 Å². The monoisotopic (exact) mass is 608 g/mol. The summed E-state index contributed by atoms with van der Waals surface area (Å²) in [4.78, 5) is 42.3. The summed E-state index contributed by atoms with van der Waals surface area (Å²) in [5.41, 5.74) is 3.22. The highest BCUT2D eigenvalue weighted by Crippen LogP contribution is 2.35. The molecule has 0 fully saturated rings. The van der Waals surface area contributed by atoms with Crippen LogP contribution in [0.15, 0.2) is 36.4 Å². The summed E-state index contributed by atoms with van der Waals surface area (Å²) in [5.74, 6) is 1.33. The van der Waals surface area contributed by atoms with Gasteiger partial charge in [0.15, 0.2) is 18.1 Å². The predicted molar refractivity (Wildman–Crippen MR) is 169 cm³/mol. The Morgan fingerprint density at radius 3 is 2.52 bits per heavy atom. The van der Waals surface area contributed by atoms with E-state index in [9.17, 15) is 14.4 Å². The van der Waals surface area contributed by atoms with Crippen molar-refractivity contribution in [3.63, 3.8) is 0 Å². The van der Waals surface area contributed by atoms with Crippen molar-refractivity contribution in [3.05, 3.63) is 53.1 Å². The van der Waals surface area contributed by atoms with Crippen LogP contribution in [0.1, 0.15) is 63.1 Å². The molecule has 0 saturated carbocycles. The molecule has 3 amide bonds. The van der Waals surface area contributed by atoms with Crippen molar-refractivity contribution >= 4 is 17.7 Å². The van der Waals surface area contributed by atoms with E-state index < -0.39 is 11.9 Å². The molecule has 0 aromatic heterocycles. The molecule has 2 aliphatic rings. The van der Waals surface area contributed by atoms with Crippen molar-refractivity contribution in [3.8, 4) is 17.2 Å². The summed E-state index contributed by atoms with van der Waals surface area (Å²) in [6.45, 7) is 9.37. The first-order valence-electron chi connectivity index (χ1n) is 15.7. The number of carbonyl (C=O) groups is 3. The minimum atomic E-state index is -0.675. The minimum Gasteiger partial charge on any atom is -0.493 e. The van der Waals surface area contributed by atoms with Crippen molar-refractivity contribution in [2.75, 3.05) is 46.9 Å². The van der Waals surface area contributed by atoms with E-state index in [1.54, 1.807) is 31.0 Å². The topological polar surface area (TPSA) is 109 Å². The average molecular weight is 609 g/mol. The van der Waals surface area contributed by atoms with Gasteiger partial charge in [-0.2, -0.15) is 0 Å². The van der Waals surface area contributed by atoms with Crippen LogP contribution in [-0.4, -0.2) is 86.1 Å². The third kappa shape index (κ3) is 9.61. The molecule has 2 bridgehead atoms. The maximum absolute atomic E-state index is 12.9. The van der Waals surface area contributed by atoms with E-state index in [-0.39, 0.29) is 24.0 Å². The highest BCUT2D eigenvalue weighted by atomic mass is 16.5. The maximum Gasteiger partial charge on any atom is 0.258 e. The van der Waals surface area contributed by atoms with Crippen LogP contribution in [0.3, 0.4) is 0 Å². The lowest BCUT2D eigenvalue weighted by molar-refractivity contribution is -0.135.